The van der Waals surface area contributed by atoms with Gasteiger partial charge in [0.05, 0.1) is 0 Å². The van der Waals surface area contributed by atoms with Crippen LogP contribution in [-0.4, -0.2) is 115 Å². The molecule has 0 amide bonds. The van der Waals surface area contributed by atoms with Gasteiger partial charge in [0.25, 0.3) is 0 Å². The van der Waals surface area contributed by atoms with Crippen LogP contribution in [0.2, 0.25) is 24.2 Å². The molecule has 0 bridgehead atoms. The van der Waals surface area contributed by atoms with Crippen LogP contribution in [0.5, 0.6) is 0 Å². The first-order valence-electron chi connectivity index (χ1n) is 27.8. The normalized spacial score (nSPS) is 12.4. The first-order valence-corrected chi connectivity index (χ1v) is 35.5. The summed E-state index contributed by atoms with van der Waals surface area (Å²) in [4.78, 5) is 0. The predicted octanol–water partition coefficient (Wildman–Crippen LogP) is 13.1. The van der Waals surface area contributed by atoms with Crippen LogP contribution in [0, 0.1) is 0 Å². The molecule has 0 radical (unpaired) electrons. The van der Waals surface area contributed by atoms with Gasteiger partial charge in [-0.05, 0) is 164 Å². The molecule has 12 nitrogen and oxygen atoms in total. The lowest BCUT2D eigenvalue weighted by molar-refractivity contribution is 0.0706. The van der Waals surface area contributed by atoms with E-state index in [0.29, 0.717) is 103 Å². The summed E-state index contributed by atoms with van der Waals surface area (Å²) < 4.78 is 74.9. The maximum atomic E-state index is 6.24. The van der Waals surface area contributed by atoms with Crippen LogP contribution in [0.4, 0.5) is 0 Å². The van der Waals surface area contributed by atoms with Gasteiger partial charge in [0.1, 0.15) is 0 Å². The van der Waals surface area contributed by atoms with Crippen molar-refractivity contribution in [3.8, 4) is 0 Å². The van der Waals surface area contributed by atoms with E-state index < -0.39 is 35.2 Å². The highest BCUT2D eigenvalue weighted by Gasteiger charge is 2.42. The van der Waals surface area contributed by atoms with E-state index in [1.807, 2.05) is 83.1 Å². The maximum absolute atomic E-state index is 6.24. The van der Waals surface area contributed by atoms with Crippen molar-refractivity contribution < 1.29 is 53.1 Å². The lowest BCUT2D eigenvalue weighted by atomic mass is 9.84. The van der Waals surface area contributed by atoms with E-state index in [2.05, 4.69) is 97.1 Å². The minimum Gasteiger partial charge on any atom is -0.374 e. The Balaban J connectivity index is 1.92. The van der Waals surface area contributed by atoms with Crippen molar-refractivity contribution in [2.75, 3.05) is 79.3 Å². The molecule has 4 aromatic carbocycles. The summed E-state index contributed by atoms with van der Waals surface area (Å²) in [5.74, 6) is 0. The molecular weight excluding hydrogens is 1000 g/mol. The Morgan fingerprint density at radius 1 is 0.230 bits per heavy atom. The molecule has 0 fully saturated rings. The van der Waals surface area contributed by atoms with Crippen LogP contribution in [0.3, 0.4) is 0 Å². The molecule has 412 valence electrons. The number of aryl methyl sites for hydroxylation is 4. The van der Waals surface area contributed by atoms with E-state index in [0.717, 1.165) is 59.1 Å². The highest BCUT2D eigenvalue weighted by Crippen LogP contribution is 2.38. The largest absolute Gasteiger partial charge is 0.501 e. The molecule has 0 aliphatic heterocycles. The average molecular weight is 1090 g/mol. The number of hydrogen-bond acceptors (Lipinski definition) is 12. The molecule has 4 aromatic rings. The third-order valence-electron chi connectivity index (χ3n) is 12.5. The molecule has 16 heteroatoms. The van der Waals surface area contributed by atoms with Gasteiger partial charge in [-0.15, -0.1) is 0 Å². The van der Waals surface area contributed by atoms with Crippen LogP contribution < -0.4 is 0 Å². The summed E-state index contributed by atoms with van der Waals surface area (Å²) in [6, 6.07) is 38.8. The van der Waals surface area contributed by atoms with Gasteiger partial charge in [-0.3, -0.25) is 0 Å². The van der Waals surface area contributed by atoms with Crippen LogP contribution in [0.15, 0.2) is 97.1 Å². The monoisotopic (exact) mass is 1090 g/mol. The van der Waals surface area contributed by atoms with Crippen molar-refractivity contribution >= 4 is 46.4 Å². The Hall–Kier alpha value is -2.99. The van der Waals surface area contributed by atoms with Gasteiger partial charge in [-0.1, -0.05) is 97.1 Å². The van der Waals surface area contributed by atoms with Crippen molar-refractivity contribution in [3.05, 3.63) is 142 Å². The third-order valence-corrected chi connectivity index (χ3v) is 24.7. The molecule has 0 aliphatic carbocycles. The predicted molar refractivity (Wildman–Crippen MR) is 307 cm³/mol. The summed E-state index contributed by atoms with van der Waals surface area (Å²) in [5.41, 5.74) is 11.4. The van der Waals surface area contributed by atoms with Gasteiger partial charge < -0.3 is 53.1 Å². The quantitative estimate of drug-likeness (QED) is 0.0312. The molecule has 0 N–H and O–H groups in total. The highest BCUT2D eigenvalue weighted by molar-refractivity contribution is 6.62. The van der Waals surface area contributed by atoms with Crippen LogP contribution in [0.1, 0.15) is 128 Å². The molecule has 0 aliphatic rings. The van der Waals surface area contributed by atoms with Crippen LogP contribution in [-0.2, 0) is 78.8 Å². The molecule has 0 spiro atoms. The summed E-state index contributed by atoms with van der Waals surface area (Å²) in [5, 5.41) is 0. The molecular formula is C58H92O12Si4. The van der Waals surface area contributed by atoms with E-state index in [9.17, 15) is 0 Å². The molecule has 0 heterocycles. The second kappa shape index (κ2) is 34.0. The Bertz CT molecular complexity index is 1790. The van der Waals surface area contributed by atoms with E-state index in [1.165, 1.54) is 22.3 Å². The number of benzene rings is 4. The van der Waals surface area contributed by atoms with E-state index in [-0.39, 0.29) is 0 Å². The maximum Gasteiger partial charge on any atom is 0.501 e. The molecule has 0 aromatic heterocycles. The summed E-state index contributed by atoms with van der Waals surface area (Å²) in [6.07, 6.45) is 3.08. The summed E-state index contributed by atoms with van der Waals surface area (Å²) in [7, 11) is -11.4. The van der Waals surface area contributed by atoms with Crippen LogP contribution >= 0.6 is 0 Å². The molecule has 4 rings (SSSR count). The molecule has 74 heavy (non-hydrogen) atoms. The van der Waals surface area contributed by atoms with Gasteiger partial charge >= 0.3 is 35.2 Å². The van der Waals surface area contributed by atoms with Gasteiger partial charge in [0.15, 0.2) is 0 Å². The van der Waals surface area contributed by atoms with Crippen molar-refractivity contribution in [1.82, 2.24) is 0 Å². The van der Waals surface area contributed by atoms with E-state index in [1.54, 1.807) is 0 Å². The Morgan fingerprint density at radius 2 is 0.365 bits per heavy atom. The second-order valence-electron chi connectivity index (χ2n) is 17.5. The summed E-state index contributed by atoms with van der Waals surface area (Å²) in [6.45, 7) is 30.6. The van der Waals surface area contributed by atoms with E-state index >= 15 is 0 Å². The summed E-state index contributed by atoms with van der Waals surface area (Å²) >= 11 is 0. The van der Waals surface area contributed by atoms with Gasteiger partial charge in [0, 0.05) is 103 Å². The van der Waals surface area contributed by atoms with Gasteiger partial charge in [0.2, 0.25) is 0 Å². The van der Waals surface area contributed by atoms with Crippen molar-refractivity contribution in [3.63, 3.8) is 0 Å². The minimum atomic E-state index is -2.85. The minimum absolute atomic E-state index is 0.545. The zero-order valence-electron chi connectivity index (χ0n) is 47.3. The van der Waals surface area contributed by atoms with Gasteiger partial charge in [-0.2, -0.15) is 0 Å². The zero-order chi connectivity index (χ0) is 53.7. The lowest BCUT2D eigenvalue weighted by Crippen LogP contribution is -2.46. The zero-order valence-corrected chi connectivity index (χ0v) is 51.3. The van der Waals surface area contributed by atoms with Crippen molar-refractivity contribution in [2.24, 2.45) is 0 Å². The number of hydrogen-bond donors (Lipinski definition) is 0. The average Bonchev–Trinajstić information content (AvgIpc) is 3.40. The smallest absolute Gasteiger partial charge is 0.374 e. The highest BCUT2D eigenvalue weighted by atomic mass is 28.4. The number of rotatable bonds is 40. The Labute approximate surface area is 451 Å². The van der Waals surface area contributed by atoms with Crippen molar-refractivity contribution in [2.45, 2.75) is 133 Å². The lowest BCUT2D eigenvalue weighted by Gasteiger charge is -2.28. The fraction of sp³-hybridized carbons (Fsp3) is 0.552. The Kier molecular flexibility index (Phi) is 29.2. The molecule has 0 atom stereocenters. The van der Waals surface area contributed by atoms with E-state index in [4.69, 9.17) is 53.1 Å². The topological polar surface area (TPSA) is 111 Å². The standard InChI is InChI=1S/C58H92O12Si4/c1-13-59-71(60-14-2,61-15-3)45-41-49-25-33-53(34-26-49)57(54-35-27-50(28-36-54)42-46-72(62-16-4,63-17-5)64-18-6)58(55-37-29-51(30-38-55)43-47-73(65-19-7,66-20-8)67-21-9)56-39-31-52(32-40-56)44-48-74(68-22-10,69-23-11)70-24-12/h25-40H,13-24,41-48H2,1-12H3. The third kappa shape index (κ3) is 19.2. The first kappa shape index (κ1) is 63.5. The second-order valence-corrected chi connectivity index (χ2v) is 28.4. The fourth-order valence-corrected chi connectivity index (χ4v) is 19.8. The molecule has 0 saturated carbocycles. The molecule has 0 unspecified atom stereocenters. The SMILES string of the molecule is CCO[Si](CCc1ccc(C(=C(c2ccc(CC[Si](OCC)(OCC)OCC)cc2)c2ccc(CC[Si](OCC)(OCC)OCC)cc2)c2ccc(CC[Si](OCC)(OCC)OCC)cc2)cc1)(OCC)OCC. The molecule has 0 saturated heterocycles. The Morgan fingerprint density at radius 3 is 0.486 bits per heavy atom. The first-order chi connectivity index (χ1) is 36.0. The van der Waals surface area contributed by atoms with Crippen molar-refractivity contribution in [1.29, 1.82) is 0 Å². The fourth-order valence-electron chi connectivity index (χ4n) is 9.46. The van der Waals surface area contributed by atoms with Crippen LogP contribution in [0.25, 0.3) is 11.1 Å². The van der Waals surface area contributed by atoms with Gasteiger partial charge in [-0.25, -0.2) is 0 Å².